The van der Waals surface area contributed by atoms with Crippen molar-refractivity contribution in [1.29, 1.82) is 0 Å². The fourth-order valence-corrected chi connectivity index (χ4v) is 3.49. The number of rotatable bonds is 5. The van der Waals surface area contributed by atoms with E-state index in [2.05, 4.69) is 17.2 Å². The number of nitrogens with zero attached hydrogens (tertiary/aromatic N) is 1. The van der Waals surface area contributed by atoms with E-state index in [4.69, 9.17) is 11.6 Å². The van der Waals surface area contributed by atoms with Gasteiger partial charge < -0.3 is 5.32 Å². The van der Waals surface area contributed by atoms with Gasteiger partial charge in [0.2, 0.25) is 0 Å². The number of aromatic nitrogens is 1. The average molecular weight is 311 g/mol. The third-order valence-corrected chi connectivity index (χ3v) is 4.73. The third-order valence-electron chi connectivity index (χ3n) is 3.39. The van der Waals surface area contributed by atoms with Crippen LogP contribution in [0.4, 0.5) is 4.39 Å². The summed E-state index contributed by atoms with van der Waals surface area (Å²) in [7, 11) is 0. The van der Waals surface area contributed by atoms with E-state index in [0.717, 1.165) is 23.8 Å². The molecule has 1 N–H and O–H groups in total. The normalized spacial score (nSPS) is 14.8. The van der Waals surface area contributed by atoms with Crippen LogP contribution in [0.25, 0.3) is 10.6 Å². The molecule has 0 saturated heterocycles. The Bertz CT molecular complexity index is 622. The molecule has 0 unspecified atom stereocenters. The summed E-state index contributed by atoms with van der Waals surface area (Å²) in [5.74, 6) is 0.271. The zero-order valence-corrected chi connectivity index (χ0v) is 12.8. The topological polar surface area (TPSA) is 24.9 Å². The molecular weight excluding hydrogens is 295 g/mol. The van der Waals surface area contributed by atoms with Crippen LogP contribution in [0.2, 0.25) is 5.02 Å². The van der Waals surface area contributed by atoms with Crippen LogP contribution in [0.15, 0.2) is 18.2 Å². The van der Waals surface area contributed by atoms with Crippen molar-refractivity contribution < 1.29 is 4.39 Å². The van der Waals surface area contributed by atoms with Gasteiger partial charge in [0.15, 0.2) is 0 Å². The molecule has 1 aromatic carbocycles. The van der Waals surface area contributed by atoms with Gasteiger partial charge in [0, 0.05) is 27.9 Å². The number of benzene rings is 1. The molecule has 2 nitrogen and oxygen atoms in total. The van der Waals surface area contributed by atoms with Gasteiger partial charge in [-0.2, -0.15) is 0 Å². The van der Waals surface area contributed by atoms with Crippen molar-refractivity contribution in [2.24, 2.45) is 0 Å². The summed E-state index contributed by atoms with van der Waals surface area (Å²) in [5.41, 5.74) is 1.70. The lowest BCUT2D eigenvalue weighted by Crippen LogP contribution is -2.11. The fourth-order valence-electron chi connectivity index (χ4n) is 2.18. The average Bonchev–Trinajstić information content (AvgIpc) is 3.18. The van der Waals surface area contributed by atoms with Gasteiger partial charge in [-0.05, 0) is 37.6 Å². The van der Waals surface area contributed by atoms with Crippen LogP contribution in [-0.2, 0) is 6.54 Å². The Morgan fingerprint density at radius 2 is 2.25 bits per heavy atom. The van der Waals surface area contributed by atoms with E-state index < -0.39 is 0 Å². The van der Waals surface area contributed by atoms with Crippen molar-refractivity contribution in [2.75, 3.05) is 6.54 Å². The van der Waals surface area contributed by atoms with Gasteiger partial charge in [-0.25, -0.2) is 9.37 Å². The Morgan fingerprint density at radius 3 is 2.90 bits per heavy atom. The van der Waals surface area contributed by atoms with E-state index >= 15 is 0 Å². The summed E-state index contributed by atoms with van der Waals surface area (Å²) in [6, 6.07) is 4.77. The predicted octanol–water partition coefficient (Wildman–Crippen LogP) is 4.59. The Labute approximate surface area is 127 Å². The number of hydrogen-bond donors (Lipinski definition) is 1. The first-order chi connectivity index (χ1) is 9.69. The molecule has 1 aromatic heterocycles. The van der Waals surface area contributed by atoms with Crippen molar-refractivity contribution in [3.05, 3.63) is 39.6 Å². The molecular formula is C15H16ClFN2S. The maximum atomic E-state index is 14.0. The van der Waals surface area contributed by atoms with Gasteiger partial charge in [-0.1, -0.05) is 18.5 Å². The molecule has 1 aliphatic carbocycles. The highest BCUT2D eigenvalue weighted by Crippen LogP contribution is 2.44. The van der Waals surface area contributed by atoms with Gasteiger partial charge in [0.05, 0.1) is 5.69 Å². The number of nitrogens with one attached hydrogen (secondary N) is 1. The lowest BCUT2D eigenvalue weighted by atomic mass is 10.2. The lowest BCUT2D eigenvalue weighted by molar-refractivity contribution is 0.631. The number of thiazole rings is 1. The summed E-state index contributed by atoms with van der Waals surface area (Å²) in [4.78, 5) is 5.92. The SMILES string of the molecule is CCNCc1sc(-c2ccc(Cl)cc2F)nc1C1CC1. The summed E-state index contributed by atoms with van der Waals surface area (Å²) in [6.07, 6.45) is 2.40. The molecule has 20 heavy (non-hydrogen) atoms. The van der Waals surface area contributed by atoms with E-state index in [0.29, 0.717) is 16.5 Å². The highest BCUT2D eigenvalue weighted by atomic mass is 35.5. The molecule has 1 aliphatic rings. The second-order valence-corrected chi connectivity index (χ2v) is 6.53. The molecule has 5 heteroatoms. The van der Waals surface area contributed by atoms with Crippen molar-refractivity contribution >= 4 is 22.9 Å². The Morgan fingerprint density at radius 1 is 1.45 bits per heavy atom. The quantitative estimate of drug-likeness (QED) is 0.873. The van der Waals surface area contributed by atoms with Gasteiger partial charge in [-0.15, -0.1) is 11.3 Å². The molecule has 0 amide bonds. The van der Waals surface area contributed by atoms with Crippen molar-refractivity contribution in [3.63, 3.8) is 0 Å². The van der Waals surface area contributed by atoms with E-state index in [1.807, 2.05) is 0 Å². The van der Waals surface area contributed by atoms with E-state index in [-0.39, 0.29) is 5.82 Å². The highest BCUT2D eigenvalue weighted by molar-refractivity contribution is 7.15. The van der Waals surface area contributed by atoms with Crippen LogP contribution < -0.4 is 5.32 Å². The van der Waals surface area contributed by atoms with Crippen LogP contribution >= 0.6 is 22.9 Å². The summed E-state index contributed by atoms with van der Waals surface area (Å²) in [6.45, 7) is 3.82. The van der Waals surface area contributed by atoms with Gasteiger partial charge in [0.25, 0.3) is 0 Å². The first kappa shape index (κ1) is 14.0. The molecule has 0 radical (unpaired) electrons. The van der Waals surface area contributed by atoms with Crippen LogP contribution in [0.5, 0.6) is 0 Å². The molecule has 1 fully saturated rings. The van der Waals surface area contributed by atoms with E-state index in [9.17, 15) is 4.39 Å². The monoisotopic (exact) mass is 310 g/mol. The Balaban J connectivity index is 1.96. The van der Waals surface area contributed by atoms with Crippen LogP contribution in [0.3, 0.4) is 0 Å². The lowest BCUT2D eigenvalue weighted by Gasteiger charge is -2.00. The molecule has 0 atom stereocenters. The maximum absolute atomic E-state index is 14.0. The smallest absolute Gasteiger partial charge is 0.134 e. The number of halogens is 2. The second kappa shape index (κ2) is 5.80. The van der Waals surface area contributed by atoms with E-state index in [1.165, 1.54) is 23.8 Å². The molecule has 0 bridgehead atoms. The van der Waals surface area contributed by atoms with Crippen molar-refractivity contribution in [1.82, 2.24) is 10.3 Å². The van der Waals surface area contributed by atoms with Crippen LogP contribution in [0.1, 0.15) is 36.3 Å². The molecule has 3 rings (SSSR count). The molecule has 1 heterocycles. The van der Waals surface area contributed by atoms with Gasteiger partial charge in [0.1, 0.15) is 10.8 Å². The van der Waals surface area contributed by atoms with Crippen molar-refractivity contribution in [2.45, 2.75) is 32.2 Å². The van der Waals surface area contributed by atoms with E-state index in [1.54, 1.807) is 23.5 Å². The van der Waals surface area contributed by atoms with Crippen molar-refractivity contribution in [3.8, 4) is 10.6 Å². The minimum atomic E-state index is -0.302. The standard InChI is InChI=1S/C15H16ClFN2S/c1-2-18-8-13-14(9-3-4-9)19-15(20-13)11-6-5-10(16)7-12(11)17/h5-7,9,18H,2-4,8H2,1H3. The van der Waals surface area contributed by atoms with Gasteiger partial charge >= 0.3 is 0 Å². The summed E-state index contributed by atoms with van der Waals surface area (Å²) in [5, 5.41) is 4.50. The predicted molar refractivity (Wildman–Crippen MR) is 81.9 cm³/mol. The van der Waals surface area contributed by atoms with Crippen LogP contribution in [0, 0.1) is 5.82 Å². The Hall–Kier alpha value is -0.970. The minimum Gasteiger partial charge on any atom is -0.312 e. The minimum absolute atomic E-state index is 0.302. The maximum Gasteiger partial charge on any atom is 0.134 e. The third kappa shape index (κ3) is 2.87. The Kier molecular flexibility index (Phi) is 4.06. The zero-order chi connectivity index (χ0) is 14.1. The van der Waals surface area contributed by atoms with Gasteiger partial charge in [-0.3, -0.25) is 0 Å². The first-order valence-corrected chi connectivity index (χ1v) is 8.04. The summed E-state index contributed by atoms with van der Waals surface area (Å²) >= 11 is 7.39. The molecule has 2 aromatic rings. The van der Waals surface area contributed by atoms with Crippen LogP contribution in [-0.4, -0.2) is 11.5 Å². The fraction of sp³-hybridized carbons (Fsp3) is 0.400. The molecule has 106 valence electrons. The summed E-state index contributed by atoms with van der Waals surface area (Å²) < 4.78 is 14.0. The largest absolute Gasteiger partial charge is 0.312 e. The highest BCUT2D eigenvalue weighted by Gasteiger charge is 2.30. The molecule has 1 saturated carbocycles. The second-order valence-electron chi connectivity index (χ2n) is 5.01. The first-order valence-electron chi connectivity index (χ1n) is 6.84. The zero-order valence-electron chi connectivity index (χ0n) is 11.2. The molecule has 0 spiro atoms. The molecule has 0 aliphatic heterocycles. The number of hydrogen-bond acceptors (Lipinski definition) is 3.